The number of carboxylic acids is 1. The van der Waals surface area contributed by atoms with Crippen LogP contribution in [0.2, 0.25) is 0 Å². The summed E-state index contributed by atoms with van der Waals surface area (Å²) in [4.78, 5) is 10.2. The van der Waals surface area contributed by atoms with E-state index >= 15 is 0 Å². The average molecular weight is 234 g/mol. The van der Waals surface area contributed by atoms with Gasteiger partial charge in [0.25, 0.3) is 0 Å². The Hall–Kier alpha value is -0.610. The van der Waals surface area contributed by atoms with Crippen molar-refractivity contribution >= 4 is 5.97 Å². The number of aliphatic carboxylic acids is 1. The topological polar surface area (TPSA) is 55.8 Å². The third-order valence-corrected chi connectivity index (χ3v) is 2.14. The maximum Gasteiger partial charge on any atom is 0.306 e. The summed E-state index contributed by atoms with van der Waals surface area (Å²) in [5, 5.41) is 8.37. The Bertz CT molecular complexity index is 149. The molecule has 0 rings (SSSR count). The van der Waals surface area contributed by atoms with E-state index in [0.29, 0.717) is 0 Å². The van der Waals surface area contributed by atoms with Crippen LogP contribution in [0.3, 0.4) is 0 Å². The molecule has 0 aliphatic carbocycles. The molecule has 0 fully saturated rings. The number of ether oxygens (including phenoxy) is 2. The first-order valence-electron chi connectivity index (χ1n) is 5.99. The zero-order chi connectivity index (χ0) is 13.0. The van der Waals surface area contributed by atoms with Gasteiger partial charge < -0.3 is 14.6 Å². The Labute approximate surface area is 98.9 Å². The summed E-state index contributed by atoms with van der Waals surface area (Å²) in [6.07, 6.45) is 1.45. The van der Waals surface area contributed by atoms with E-state index in [1.165, 1.54) is 0 Å². The highest BCUT2D eigenvalue weighted by atomic mass is 16.7. The molecule has 0 heterocycles. The van der Waals surface area contributed by atoms with Crippen LogP contribution in [0, 0.1) is 5.92 Å². The fourth-order valence-electron chi connectivity index (χ4n) is 1.16. The quantitative estimate of drug-likeness (QED) is 0.688. The first-order chi connectivity index (χ1) is 7.53. The molecule has 0 aromatic carbocycles. The minimum absolute atomic E-state index is 0.0370. The van der Waals surface area contributed by atoms with Crippen LogP contribution in [-0.4, -0.2) is 30.6 Å². The normalized spacial score (nSPS) is 10.2. The molecule has 0 bridgehead atoms. The summed E-state index contributed by atoms with van der Waals surface area (Å²) in [5.41, 5.74) is 0. The molecule has 0 aliphatic rings. The molecule has 0 amide bonds. The summed E-state index contributed by atoms with van der Waals surface area (Å²) in [5.74, 6) is -0.801. The highest BCUT2D eigenvalue weighted by Gasteiger charge is 2.10. The lowest BCUT2D eigenvalue weighted by molar-refractivity contribution is -0.141. The molecule has 98 valence electrons. The van der Waals surface area contributed by atoms with E-state index in [2.05, 4.69) is 0 Å². The van der Waals surface area contributed by atoms with E-state index in [9.17, 15) is 4.79 Å². The largest absolute Gasteiger partial charge is 0.481 e. The van der Waals surface area contributed by atoms with Gasteiger partial charge in [-0.3, -0.25) is 4.79 Å². The first-order valence-corrected chi connectivity index (χ1v) is 5.99. The predicted octanol–water partition coefficient (Wildman–Crippen LogP) is 2.91. The molecule has 0 aromatic rings. The van der Waals surface area contributed by atoms with Crippen LogP contribution >= 0.6 is 0 Å². The van der Waals surface area contributed by atoms with Crippen LogP contribution in [0.5, 0.6) is 0 Å². The van der Waals surface area contributed by atoms with Crippen molar-refractivity contribution in [2.45, 2.75) is 53.8 Å². The second-order valence-electron chi connectivity index (χ2n) is 3.33. The van der Waals surface area contributed by atoms with Crippen molar-refractivity contribution in [1.82, 2.24) is 0 Å². The second kappa shape index (κ2) is 12.5. The van der Waals surface area contributed by atoms with Gasteiger partial charge in [-0.2, -0.15) is 0 Å². The van der Waals surface area contributed by atoms with Crippen LogP contribution in [0.25, 0.3) is 0 Å². The van der Waals surface area contributed by atoms with Gasteiger partial charge in [0.15, 0.2) is 6.29 Å². The van der Waals surface area contributed by atoms with Crippen molar-refractivity contribution in [3.05, 3.63) is 0 Å². The zero-order valence-electron chi connectivity index (χ0n) is 11.2. The summed E-state index contributed by atoms with van der Waals surface area (Å²) < 4.78 is 10.1. The Balaban J connectivity index is 0. The Morgan fingerprint density at radius 2 is 1.44 bits per heavy atom. The van der Waals surface area contributed by atoms with Crippen molar-refractivity contribution < 1.29 is 19.4 Å². The Morgan fingerprint density at radius 3 is 1.56 bits per heavy atom. The summed E-state index contributed by atoms with van der Waals surface area (Å²) in [6, 6.07) is 0. The van der Waals surface area contributed by atoms with Gasteiger partial charge in [0.1, 0.15) is 0 Å². The van der Waals surface area contributed by atoms with Gasteiger partial charge in [-0.05, 0) is 33.6 Å². The average Bonchev–Trinajstić information content (AvgIpc) is 2.20. The molecule has 0 aliphatic heterocycles. The minimum Gasteiger partial charge on any atom is -0.481 e. The maximum atomic E-state index is 10.2. The third kappa shape index (κ3) is 11.5. The van der Waals surface area contributed by atoms with Gasteiger partial charge in [0.2, 0.25) is 0 Å². The first kappa shape index (κ1) is 17.8. The van der Waals surface area contributed by atoms with E-state index in [4.69, 9.17) is 14.6 Å². The van der Waals surface area contributed by atoms with Gasteiger partial charge >= 0.3 is 5.97 Å². The van der Waals surface area contributed by atoms with Gasteiger partial charge in [0, 0.05) is 13.2 Å². The van der Waals surface area contributed by atoms with Crippen LogP contribution in [0.1, 0.15) is 47.5 Å². The molecule has 16 heavy (non-hydrogen) atoms. The molecule has 0 aromatic heterocycles. The lowest BCUT2D eigenvalue weighted by Gasteiger charge is -2.09. The molecule has 0 atom stereocenters. The zero-order valence-corrected chi connectivity index (χ0v) is 11.2. The smallest absolute Gasteiger partial charge is 0.306 e. The van der Waals surface area contributed by atoms with Crippen molar-refractivity contribution in [3.8, 4) is 0 Å². The lowest BCUT2D eigenvalue weighted by atomic mass is 10.1. The van der Waals surface area contributed by atoms with Gasteiger partial charge in [-0.1, -0.05) is 13.8 Å². The predicted molar refractivity (Wildman–Crippen MR) is 64.4 cm³/mol. The third-order valence-electron chi connectivity index (χ3n) is 2.14. The van der Waals surface area contributed by atoms with Crippen LogP contribution in [0.15, 0.2) is 0 Å². The van der Waals surface area contributed by atoms with E-state index in [1.54, 1.807) is 0 Å². The summed E-state index contributed by atoms with van der Waals surface area (Å²) >= 11 is 0. The van der Waals surface area contributed by atoms with Crippen molar-refractivity contribution in [1.29, 1.82) is 0 Å². The number of rotatable bonds is 7. The molecule has 0 radical (unpaired) electrons. The summed E-state index contributed by atoms with van der Waals surface area (Å²) in [6.45, 7) is 11.0. The van der Waals surface area contributed by atoms with Crippen LogP contribution in [0.4, 0.5) is 0 Å². The Morgan fingerprint density at radius 1 is 1.06 bits per heavy atom. The van der Waals surface area contributed by atoms with Crippen LogP contribution in [-0.2, 0) is 14.3 Å². The molecule has 0 saturated carbocycles. The SMILES string of the molecule is CCC(CC)C(=O)O.CCOC(C)OCC. The molecule has 0 spiro atoms. The Kier molecular flexibility index (Phi) is 13.8. The fraction of sp³-hybridized carbons (Fsp3) is 0.917. The molecule has 0 unspecified atom stereocenters. The van der Waals surface area contributed by atoms with Gasteiger partial charge in [0.05, 0.1) is 5.92 Å². The molecule has 4 heteroatoms. The molecular formula is C12H26O4. The lowest BCUT2D eigenvalue weighted by Crippen LogP contribution is -2.11. The van der Waals surface area contributed by atoms with Crippen LogP contribution < -0.4 is 0 Å². The van der Waals surface area contributed by atoms with E-state index in [0.717, 1.165) is 26.1 Å². The van der Waals surface area contributed by atoms with Crippen molar-refractivity contribution in [2.75, 3.05) is 13.2 Å². The summed E-state index contributed by atoms with van der Waals surface area (Å²) in [7, 11) is 0. The molecule has 0 saturated heterocycles. The second-order valence-corrected chi connectivity index (χ2v) is 3.33. The number of hydrogen-bond acceptors (Lipinski definition) is 3. The van der Waals surface area contributed by atoms with Gasteiger partial charge in [-0.25, -0.2) is 0 Å². The van der Waals surface area contributed by atoms with E-state index in [-0.39, 0.29) is 12.2 Å². The highest BCUT2D eigenvalue weighted by Crippen LogP contribution is 2.05. The molecule has 4 nitrogen and oxygen atoms in total. The monoisotopic (exact) mass is 234 g/mol. The van der Waals surface area contributed by atoms with E-state index < -0.39 is 5.97 Å². The number of hydrogen-bond donors (Lipinski definition) is 1. The minimum atomic E-state index is -0.671. The standard InChI is InChI=1S/C6H14O2.C6H12O2/c1-4-7-6(3)8-5-2;1-3-5(4-2)6(7)8/h6H,4-5H2,1-3H3;5H,3-4H2,1-2H3,(H,7,8). The molecule has 1 N–H and O–H groups in total. The number of carbonyl (C=O) groups is 1. The maximum absolute atomic E-state index is 10.2. The highest BCUT2D eigenvalue weighted by molar-refractivity contribution is 5.69. The fourth-order valence-corrected chi connectivity index (χ4v) is 1.16. The number of carboxylic acid groups (broad SMARTS) is 1. The van der Waals surface area contributed by atoms with Crippen molar-refractivity contribution in [3.63, 3.8) is 0 Å². The van der Waals surface area contributed by atoms with Crippen molar-refractivity contribution in [2.24, 2.45) is 5.92 Å². The van der Waals surface area contributed by atoms with Gasteiger partial charge in [-0.15, -0.1) is 0 Å². The van der Waals surface area contributed by atoms with E-state index in [1.807, 2.05) is 34.6 Å². The molecular weight excluding hydrogens is 208 g/mol.